The van der Waals surface area contributed by atoms with Gasteiger partial charge in [-0.2, -0.15) is 4.52 Å². The molecule has 0 unspecified atom stereocenters. The predicted octanol–water partition coefficient (Wildman–Crippen LogP) is 0.528. The molecule has 0 bridgehead atoms. The van der Waals surface area contributed by atoms with Crippen molar-refractivity contribution in [1.82, 2.24) is 19.8 Å². The average Bonchev–Trinajstić information content (AvgIpc) is 2.60. The van der Waals surface area contributed by atoms with E-state index in [0.717, 1.165) is 0 Å². The molecule has 0 aliphatic rings. The zero-order valence-corrected chi connectivity index (χ0v) is 9.31. The molecule has 0 saturated heterocycles. The minimum absolute atomic E-state index is 0.257. The number of carbonyl (C=O) groups excluding carboxylic acids is 1. The van der Waals surface area contributed by atoms with Crippen molar-refractivity contribution in [1.29, 1.82) is 0 Å². The van der Waals surface area contributed by atoms with E-state index in [2.05, 4.69) is 15.3 Å². The van der Waals surface area contributed by atoms with Crippen molar-refractivity contribution in [2.45, 2.75) is 26.2 Å². The van der Waals surface area contributed by atoms with Crippen LogP contribution >= 0.6 is 0 Å². The van der Waals surface area contributed by atoms with Crippen LogP contribution in [0.15, 0.2) is 11.0 Å². The molecule has 0 fully saturated rings. The van der Waals surface area contributed by atoms with E-state index in [9.17, 15) is 9.59 Å². The summed E-state index contributed by atoms with van der Waals surface area (Å²) in [5, 5.41) is 10.5. The van der Waals surface area contributed by atoms with E-state index in [0.29, 0.717) is 17.5 Å². The van der Waals surface area contributed by atoms with Gasteiger partial charge >= 0.3 is 0 Å². The molecule has 0 aliphatic carbocycles. The third kappa shape index (κ3) is 1.42. The number of aromatic amines is 1. The first-order valence-electron chi connectivity index (χ1n) is 4.87. The van der Waals surface area contributed by atoms with Gasteiger partial charge in [0, 0.05) is 11.6 Å². The Morgan fingerprint density at radius 2 is 2.06 bits per heavy atom. The lowest BCUT2D eigenvalue weighted by Crippen LogP contribution is -2.30. The van der Waals surface area contributed by atoms with Crippen molar-refractivity contribution >= 4 is 11.9 Å². The van der Waals surface area contributed by atoms with Crippen molar-refractivity contribution in [2.75, 3.05) is 0 Å². The van der Waals surface area contributed by atoms with Crippen LogP contribution in [0.5, 0.6) is 0 Å². The lowest BCUT2D eigenvalue weighted by atomic mass is 9.93. The Labute approximate surface area is 91.3 Å². The van der Waals surface area contributed by atoms with Gasteiger partial charge in [-0.3, -0.25) is 14.7 Å². The summed E-state index contributed by atoms with van der Waals surface area (Å²) in [5.74, 6) is 0. The summed E-state index contributed by atoms with van der Waals surface area (Å²) in [6.07, 6.45) is 2.07. The van der Waals surface area contributed by atoms with Gasteiger partial charge in [0.05, 0.1) is 5.56 Å². The first-order valence-corrected chi connectivity index (χ1v) is 4.87. The number of hydrogen-bond donors (Lipinski definition) is 1. The highest BCUT2D eigenvalue weighted by Crippen LogP contribution is 2.15. The second kappa shape index (κ2) is 3.26. The van der Waals surface area contributed by atoms with Crippen molar-refractivity contribution in [2.24, 2.45) is 0 Å². The Hall–Kier alpha value is -1.98. The predicted molar refractivity (Wildman–Crippen MR) is 57.7 cm³/mol. The minimum atomic E-state index is -0.377. The van der Waals surface area contributed by atoms with E-state index in [1.165, 1.54) is 10.7 Å². The third-order valence-corrected chi connectivity index (χ3v) is 2.31. The molecule has 0 atom stereocenters. The molecule has 0 aliphatic heterocycles. The van der Waals surface area contributed by atoms with E-state index in [1.807, 2.05) is 20.8 Å². The van der Waals surface area contributed by atoms with Gasteiger partial charge in [-0.1, -0.05) is 20.8 Å². The van der Waals surface area contributed by atoms with Gasteiger partial charge < -0.3 is 0 Å². The third-order valence-electron chi connectivity index (χ3n) is 2.31. The Bertz CT molecular complexity index is 603. The van der Waals surface area contributed by atoms with E-state index < -0.39 is 0 Å². The van der Waals surface area contributed by atoms with E-state index >= 15 is 0 Å². The van der Waals surface area contributed by atoms with Crippen LogP contribution in [-0.4, -0.2) is 26.1 Å². The Balaban J connectivity index is 2.82. The summed E-state index contributed by atoms with van der Waals surface area (Å²) in [4.78, 5) is 22.7. The Kier molecular flexibility index (Phi) is 2.15. The van der Waals surface area contributed by atoms with Crippen molar-refractivity contribution < 1.29 is 4.79 Å². The van der Waals surface area contributed by atoms with Crippen LogP contribution in [0.4, 0.5) is 0 Å². The molecule has 6 heteroatoms. The quantitative estimate of drug-likeness (QED) is 0.711. The van der Waals surface area contributed by atoms with Crippen molar-refractivity contribution in [3.8, 4) is 0 Å². The number of aromatic nitrogens is 4. The van der Waals surface area contributed by atoms with Crippen molar-refractivity contribution in [3.05, 3.63) is 27.8 Å². The maximum absolute atomic E-state index is 12.0. The van der Waals surface area contributed by atoms with E-state index in [4.69, 9.17) is 0 Å². The lowest BCUT2D eigenvalue weighted by Gasteiger charge is -2.15. The fraction of sp³-hybridized carbons (Fsp3) is 0.400. The SMILES string of the molecule is CC(C)(C)c1nnc2c(C=O)c[nH]n2c1=O. The summed E-state index contributed by atoms with van der Waals surface area (Å²) >= 11 is 0. The van der Waals surface area contributed by atoms with Crippen LogP contribution in [0.3, 0.4) is 0 Å². The highest BCUT2D eigenvalue weighted by molar-refractivity contribution is 5.83. The van der Waals surface area contributed by atoms with Crippen LogP contribution in [-0.2, 0) is 5.41 Å². The van der Waals surface area contributed by atoms with Crippen LogP contribution in [0.2, 0.25) is 0 Å². The molecular formula is C10H12N4O2. The molecule has 0 spiro atoms. The first kappa shape index (κ1) is 10.5. The van der Waals surface area contributed by atoms with Gasteiger partial charge in [0.25, 0.3) is 5.56 Å². The Morgan fingerprint density at radius 1 is 1.38 bits per heavy atom. The molecule has 0 amide bonds. The van der Waals surface area contributed by atoms with E-state index in [-0.39, 0.29) is 16.6 Å². The molecule has 2 aromatic heterocycles. The number of rotatable bonds is 1. The molecular weight excluding hydrogens is 208 g/mol. The fourth-order valence-corrected chi connectivity index (χ4v) is 1.45. The van der Waals surface area contributed by atoms with Crippen LogP contribution in [0, 0.1) is 0 Å². The smallest absolute Gasteiger partial charge is 0.295 e. The van der Waals surface area contributed by atoms with Gasteiger partial charge in [0.2, 0.25) is 0 Å². The minimum Gasteiger partial charge on any atom is -0.298 e. The number of nitrogens with one attached hydrogen (secondary N) is 1. The highest BCUT2D eigenvalue weighted by atomic mass is 16.1. The van der Waals surface area contributed by atoms with Crippen molar-refractivity contribution in [3.63, 3.8) is 0 Å². The molecule has 1 N–H and O–H groups in total. The monoisotopic (exact) mass is 220 g/mol. The number of carbonyl (C=O) groups is 1. The topological polar surface area (TPSA) is 80.1 Å². The van der Waals surface area contributed by atoms with Crippen LogP contribution in [0.25, 0.3) is 5.65 Å². The molecule has 0 aromatic carbocycles. The second-order valence-corrected chi connectivity index (χ2v) is 4.61. The number of H-pyrrole nitrogens is 1. The number of aldehydes is 1. The summed E-state index contributed by atoms with van der Waals surface area (Å²) in [6.45, 7) is 5.65. The summed E-state index contributed by atoms with van der Waals surface area (Å²) in [6, 6.07) is 0. The number of fused-ring (bicyclic) bond motifs is 1. The van der Waals surface area contributed by atoms with Crippen LogP contribution in [0.1, 0.15) is 36.8 Å². The molecule has 2 rings (SSSR count). The molecule has 0 saturated carbocycles. The zero-order chi connectivity index (χ0) is 11.9. The zero-order valence-electron chi connectivity index (χ0n) is 9.31. The fourth-order valence-electron chi connectivity index (χ4n) is 1.45. The number of hydrogen-bond acceptors (Lipinski definition) is 4. The molecule has 16 heavy (non-hydrogen) atoms. The van der Waals surface area contributed by atoms with Gasteiger partial charge in [0.15, 0.2) is 11.9 Å². The molecule has 84 valence electrons. The van der Waals surface area contributed by atoms with Gasteiger partial charge in [-0.15, -0.1) is 10.2 Å². The molecule has 2 heterocycles. The summed E-state index contributed by atoms with van der Waals surface area (Å²) in [5.41, 5.74) is 0.297. The molecule has 6 nitrogen and oxygen atoms in total. The average molecular weight is 220 g/mol. The molecule has 0 radical (unpaired) electrons. The van der Waals surface area contributed by atoms with E-state index in [1.54, 1.807) is 0 Å². The summed E-state index contributed by atoms with van der Waals surface area (Å²) < 4.78 is 1.23. The summed E-state index contributed by atoms with van der Waals surface area (Å²) in [7, 11) is 0. The van der Waals surface area contributed by atoms with Gasteiger partial charge in [-0.05, 0) is 0 Å². The maximum atomic E-state index is 12.0. The van der Waals surface area contributed by atoms with Gasteiger partial charge in [0.1, 0.15) is 5.69 Å². The normalized spacial score (nSPS) is 11.9. The molecule has 2 aromatic rings. The second-order valence-electron chi connectivity index (χ2n) is 4.61. The highest BCUT2D eigenvalue weighted by Gasteiger charge is 2.22. The van der Waals surface area contributed by atoms with Gasteiger partial charge in [-0.25, -0.2) is 0 Å². The number of nitrogens with zero attached hydrogens (tertiary/aromatic N) is 3. The largest absolute Gasteiger partial charge is 0.298 e. The maximum Gasteiger partial charge on any atom is 0.295 e. The lowest BCUT2D eigenvalue weighted by molar-refractivity contribution is 0.112. The Morgan fingerprint density at radius 3 is 2.62 bits per heavy atom. The van der Waals surface area contributed by atoms with Crippen LogP contribution < -0.4 is 5.56 Å². The standard InChI is InChI=1S/C10H12N4O2/c1-10(2,3)7-9(16)14-8(13-12-7)6(5-15)4-11-14/h4-5,11H,1-3H3. The first-order chi connectivity index (χ1) is 7.45.